The van der Waals surface area contributed by atoms with Crippen LogP contribution in [0, 0.1) is 5.92 Å². The number of aliphatic imine (C=N–C) groups is 1. The molecule has 0 spiro atoms. The van der Waals surface area contributed by atoms with Gasteiger partial charge in [0.25, 0.3) is 0 Å². The maximum absolute atomic E-state index is 11.4. The third-order valence-corrected chi connectivity index (χ3v) is 6.94. The van der Waals surface area contributed by atoms with E-state index in [0.29, 0.717) is 29.4 Å². The largest absolute Gasteiger partial charge is 0.338 e. The van der Waals surface area contributed by atoms with Crippen molar-refractivity contribution in [3.8, 4) is 0 Å². The van der Waals surface area contributed by atoms with E-state index in [1.165, 1.54) is 30.2 Å². The van der Waals surface area contributed by atoms with Crippen LogP contribution < -0.4 is 10.2 Å². The summed E-state index contributed by atoms with van der Waals surface area (Å²) in [6.45, 7) is 6.12. The zero-order chi connectivity index (χ0) is 22.8. The summed E-state index contributed by atoms with van der Waals surface area (Å²) in [5, 5.41) is 3.97. The number of Topliss-reactive ketones (excluding diaryl/α,β-unsaturated/α-hetero) is 1. The number of nitrogens with zero attached hydrogens (tertiary/aromatic N) is 6. The molecule has 2 fully saturated rings. The molecule has 1 aromatic heterocycles. The Morgan fingerprint density at radius 1 is 1.09 bits per heavy atom. The zero-order valence-electron chi connectivity index (χ0n) is 19.1. The number of rotatable bonds is 7. The Bertz CT molecular complexity index is 1090. The number of carbonyl (C=O) groups is 1. The minimum absolute atomic E-state index is 0.161. The second kappa shape index (κ2) is 9.61. The van der Waals surface area contributed by atoms with Gasteiger partial charge in [-0.2, -0.15) is 15.0 Å². The van der Waals surface area contributed by atoms with Crippen molar-refractivity contribution in [2.45, 2.75) is 36.2 Å². The number of hydrogen-bond donors (Lipinski definition) is 1. The Kier molecular flexibility index (Phi) is 6.41. The number of piperazine rings is 1. The lowest BCUT2D eigenvalue weighted by Gasteiger charge is -2.32. The smallest absolute Gasteiger partial charge is 0.234 e. The van der Waals surface area contributed by atoms with Crippen LogP contribution in [0.3, 0.4) is 0 Å². The van der Waals surface area contributed by atoms with Gasteiger partial charge in [-0.1, -0.05) is 12.1 Å². The van der Waals surface area contributed by atoms with Crippen molar-refractivity contribution in [2.75, 3.05) is 50.0 Å². The SMILES string of the molecule is CC(=O)Cc1ccc(Sc2nc(NC3=NCC(C4CC4)=C3)nc(N3CCN(C)CC3)n2)cc1. The molecule has 5 rings (SSSR count). The minimum Gasteiger partial charge on any atom is -0.338 e. The molecular formula is C24H29N7OS. The first-order valence-electron chi connectivity index (χ1n) is 11.5. The lowest BCUT2D eigenvalue weighted by Crippen LogP contribution is -2.45. The molecule has 3 heterocycles. The molecule has 1 saturated heterocycles. The predicted molar refractivity (Wildman–Crippen MR) is 131 cm³/mol. The van der Waals surface area contributed by atoms with Crippen molar-refractivity contribution >= 4 is 35.3 Å². The van der Waals surface area contributed by atoms with Crippen LogP contribution in [0.1, 0.15) is 25.3 Å². The molecule has 1 aromatic carbocycles. The van der Waals surface area contributed by atoms with Crippen molar-refractivity contribution in [3.63, 3.8) is 0 Å². The van der Waals surface area contributed by atoms with Crippen LogP contribution in [0.25, 0.3) is 0 Å². The van der Waals surface area contributed by atoms with Gasteiger partial charge in [0.1, 0.15) is 11.6 Å². The molecule has 2 aromatic rings. The molecule has 33 heavy (non-hydrogen) atoms. The number of hydrogen-bond acceptors (Lipinski definition) is 9. The number of amidine groups is 1. The van der Waals surface area contributed by atoms with Gasteiger partial charge in [0.15, 0.2) is 5.16 Å². The number of ketones is 1. The van der Waals surface area contributed by atoms with Gasteiger partial charge < -0.3 is 15.1 Å². The molecule has 2 aliphatic heterocycles. The molecule has 0 bridgehead atoms. The van der Waals surface area contributed by atoms with Gasteiger partial charge in [-0.05, 0) is 73.8 Å². The van der Waals surface area contributed by atoms with Crippen molar-refractivity contribution in [1.29, 1.82) is 0 Å². The molecule has 0 amide bonds. The standard InChI is InChI=1S/C24H29N7OS/c1-16(32)13-17-3-7-20(8-4-17)33-24-28-22(26-21-14-19(15-25-21)18-5-6-18)27-23(29-24)31-11-9-30(2)10-12-31/h3-4,7-8,14,18H,5-6,9-13,15H2,1-2H3,(H,25,26,27,28,29). The maximum Gasteiger partial charge on any atom is 0.234 e. The first-order chi connectivity index (χ1) is 16.0. The summed E-state index contributed by atoms with van der Waals surface area (Å²) in [6.07, 6.45) is 5.16. The van der Waals surface area contributed by atoms with E-state index in [1.807, 2.05) is 24.3 Å². The van der Waals surface area contributed by atoms with E-state index in [9.17, 15) is 4.79 Å². The number of likely N-dealkylation sites (N-methyl/N-ethyl adjacent to an activating group) is 1. The van der Waals surface area contributed by atoms with Gasteiger partial charge in [-0.15, -0.1) is 0 Å². The van der Waals surface area contributed by atoms with Gasteiger partial charge in [0.05, 0.1) is 6.54 Å². The maximum atomic E-state index is 11.4. The zero-order valence-corrected chi connectivity index (χ0v) is 19.9. The van der Waals surface area contributed by atoms with E-state index < -0.39 is 0 Å². The Labute approximate surface area is 198 Å². The molecule has 1 saturated carbocycles. The fourth-order valence-corrected chi connectivity index (χ4v) is 4.74. The monoisotopic (exact) mass is 463 g/mol. The highest BCUT2D eigenvalue weighted by Crippen LogP contribution is 2.38. The van der Waals surface area contributed by atoms with E-state index in [2.05, 4.69) is 38.2 Å². The minimum atomic E-state index is 0.161. The second-order valence-corrected chi connectivity index (χ2v) is 10.0. The van der Waals surface area contributed by atoms with Crippen LogP contribution in [-0.4, -0.2) is 71.2 Å². The molecule has 0 radical (unpaired) electrons. The van der Waals surface area contributed by atoms with E-state index in [-0.39, 0.29) is 5.78 Å². The summed E-state index contributed by atoms with van der Waals surface area (Å²) >= 11 is 1.50. The quantitative estimate of drug-likeness (QED) is 0.671. The van der Waals surface area contributed by atoms with Crippen molar-refractivity contribution < 1.29 is 4.79 Å². The number of nitrogens with one attached hydrogen (secondary N) is 1. The van der Waals surface area contributed by atoms with E-state index >= 15 is 0 Å². The molecule has 9 heteroatoms. The van der Waals surface area contributed by atoms with Gasteiger partial charge in [0, 0.05) is 37.5 Å². The third kappa shape index (κ3) is 5.78. The molecule has 1 N–H and O–H groups in total. The van der Waals surface area contributed by atoms with E-state index in [1.54, 1.807) is 6.92 Å². The van der Waals surface area contributed by atoms with Crippen LogP contribution in [0.4, 0.5) is 11.9 Å². The molecule has 8 nitrogen and oxygen atoms in total. The van der Waals surface area contributed by atoms with Crippen LogP contribution in [-0.2, 0) is 11.2 Å². The Hall–Kier alpha value is -2.78. The van der Waals surface area contributed by atoms with Crippen LogP contribution in [0.2, 0.25) is 0 Å². The topological polar surface area (TPSA) is 86.6 Å². The molecule has 0 atom stereocenters. The normalized spacial score (nSPS) is 18.8. The number of carbonyl (C=O) groups excluding carboxylic acids is 1. The fraction of sp³-hybridized carbons (Fsp3) is 0.458. The average Bonchev–Trinajstić information content (AvgIpc) is 3.54. The number of benzene rings is 1. The van der Waals surface area contributed by atoms with Crippen molar-refractivity contribution in [2.24, 2.45) is 10.9 Å². The van der Waals surface area contributed by atoms with Crippen LogP contribution in [0.15, 0.2) is 51.0 Å². The lowest BCUT2D eigenvalue weighted by atomic mass is 10.1. The Morgan fingerprint density at radius 3 is 2.55 bits per heavy atom. The average molecular weight is 464 g/mol. The number of anilines is 2. The first-order valence-corrected chi connectivity index (χ1v) is 12.3. The molecule has 1 aliphatic carbocycles. The molecular weight excluding hydrogens is 434 g/mol. The summed E-state index contributed by atoms with van der Waals surface area (Å²) in [5.74, 6) is 2.93. The summed E-state index contributed by atoms with van der Waals surface area (Å²) in [5.41, 5.74) is 2.42. The first kappa shape index (κ1) is 22.0. The van der Waals surface area contributed by atoms with Gasteiger partial charge >= 0.3 is 0 Å². The van der Waals surface area contributed by atoms with Gasteiger partial charge in [0.2, 0.25) is 11.9 Å². The molecule has 0 unspecified atom stereocenters. The Balaban J connectivity index is 1.37. The van der Waals surface area contributed by atoms with E-state index in [0.717, 1.165) is 49.0 Å². The highest BCUT2D eigenvalue weighted by Gasteiger charge is 2.28. The Morgan fingerprint density at radius 2 is 1.85 bits per heavy atom. The highest BCUT2D eigenvalue weighted by molar-refractivity contribution is 7.99. The van der Waals surface area contributed by atoms with Crippen molar-refractivity contribution in [3.05, 3.63) is 41.5 Å². The second-order valence-electron chi connectivity index (χ2n) is 8.98. The lowest BCUT2D eigenvalue weighted by molar-refractivity contribution is -0.116. The summed E-state index contributed by atoms with van der Waals surface area (Å²) in [6, 6.07) is 8.01. The molecule has 172 valence electrons. The fourth-order valence-electron chi connectivity index (χ4n) is 4.00. The highest BCUT2D eigenvalue weighted by atomic mass is 32.2. The van der Waals surface area contributed by atoms with Crippen molar-refractivity contribution in [1.82, 2.24) is 19.9 Å². The number of aromatic nitrogens is 3. The van der Waals surface area contributed by atoms with E-state index in [4.69, 9.17) is 9.97 Å². The predicted octanol–water partition coefficient (Wildman–Crippen LogP) is 3.07. The third-order valence-electron chi connectivity index (χ3n) is 6.07. The van der Waals surface area contributed by atoms with Gasteiger partial charge in [-0.3, -0.25) is 9.79 Å². The summed E-state index contributed by atoms with van der Waals surface area (Å²) in [4.78, 5) is 35.8. The summed E-state index contributed by atoms with van der Waals surface area (Å²) in [7, 11) is 2.14. The van der Waals surface area contributed by atoms with Gasteiger partial charge in [-0.25, -0.2) is 0 Å². The van der Waals surface area contributed by atoms with Crippen LogP contribution >= 0.6 is 11.8 Å². The summed E-state index contributed by atoms with van der Waals surface area (Å²) < 4.78 is 0. The van der Waals surface area contributed by atoms with Crippen LogP contribution in [0.5, 0.6) is 0 Å². The molecule has 3 aliphatic rings.